The Morgan fingerprint density at radius 3 is 2.09 bits per heavy atom. The first-order valence-electron chi connectivity index (χ1n) is 19.5. The summed E-state index contributed by atoms with van der Waals surface area (Å²) in [6.07, 6.45) is 3.11. The van der Waals surface area contributed by atoms with Crippen molar-refractivity contribution in [2.45, 2.75) is 13.8 Å². The number of pyridine rings is 1. The van der Waals surface area contributed by atoms with Crippen LogP contribution in [-0.4, -0.2) is 14.5 Å². The summed E-state index contributed by atoms with van der Waals surface area (Å²) < 4.78 is 31.0. The predicted molar refractivity (Wildman–Crippen MR) is 227 cm³/mol. The van der Waals surface area contributed by atoms with Gasteiger partial charge in [-0.05, 0) is 78.1 Å². The van der Waals surface area contributed by atoms with Crippen LogP contribution in [0.25, 0.3) is 83.0 Å². The quantitative estimate of drug-likeness (QED) is 0.156. The van der Waals surface area contributed by atoms with Gasteiger partial charge in [0.2, 0.25) is 0 Å². The van der Waals surface area contributed by atoms with Gasteiger partial charge in [-0.25, -0.2) is 0 Å². The number of aromatic nitrogens is 3. The van der Waals surface area contributed by atoms with Crippen molar-refractivity contribution in [3.05, 3.63) is 199 Å². The van der Waals surface area contributed by atoms with Crippen LogP contribution in [0.4, 0.5) is 0 Å². The molecule has 0 aliphatic heterocycles. The van der Waals surface area contributed by atoms with Crippen molar-refractivity contribution in [1.82, 2.24) is 14.5 Å². The number of furan rings is 1. The fraction of sp³-hybridized carbons (Fsp3) is 0.0400. The number of benzene rings is 6. The summed E-state index contributed by atoms with van der Waals surface area (Å²) in [5.41, 5.74) is 12.8. The van der Waals surface area contributed by atoms with Gasteiger partial charge in [0.05, 0.1) is 28.8 Å². The Balaban J connectivity index is 0.000000240. The molecule has 0 saturated carbocycles. The normalized spacial score (nSPS) is 11.9. The standard InChI is InChI=1S/C38H25N2OS.C12H10N.Ir/c1-25-21-29(26-11-4-2-5-12-26)37(30(22-25)27-13-6-3-7-14-27)40-34-16-9-8-15-33(34)39-38(40)32-24-42-36-19-18-28(23-31(32)36)35-17-10-20-41-35;1-10-7-8-12(13-9-10)11-5-3-2-4-6-11;/h2-23H,1H3;2-5,7-9H,1H3;/q2*-1;/i;1D3;. The van der Waals surface area contributed by atoms with Crippen molar-refractivity contribution >= 4 is 32.5 Å². The van der Waals surface area contributed by atoms with Crippen molar-refractivity contribution in [3.63, 3.8) is 0 Å². The van der Waals surface area contributed by atoms with Crippen LogP contribution >= 0.6 is 11.3 Å². The molecule has 4 heterocycles. The minimum absolute atomic E-state index is 0. The number of hydrogen-bond donors (Lipinski definition) is 0. The van der Waals surface area contributed by atoms with Crippen molar-refractivity contribution in [2.75, 3.05) is 0 Å². The maximum absolute atomic E-state index is 7.23. The number of hydrogen-bond acceptors (Lipinski definition) is 4. The molecule has 10 rings (SSSR count). The number of thiophene rings is 1. The molecule has 0 aliphatic rings. The second kappa shape index (κ2) is 16.3. The molecule has 0 spiro atoms. The number of fused-ring (bicyclic) bond motifs is 2. The van der Waals surface area contributed by atoms with E-state index in [-0.39, 0.29) is 25.7 Å². The molecule has 0 N–H and O–H groups in total. The Kier molecular flexibility index (Phi) is 9.65. The summed E-state index contributed by atoms with van der Waals surface area (Å²) >= 11 is 1.62. The first-order valence-corrected chi connectivity index (χ1v) is 18.8. The molecule has 0 bridgehead atoms. The van der Waals surface area contributed by atoms with E-state index in [0.29, 0.717) is 0 Å². The van der Waals surface area contributed by atoms with E-state index in [2.05, 4.69) is 143 Å². The Bertz CT molecular complexity index is 2920. The second-order valence-electron chi connectivity index (χ2n) is 13.2. The van der Waals surface area contributed by atoms with Gasteiger partial charge in [0.1, 0.15) is 5.76 Å². The molecular weight excluding hydrogens is 883 g/mol. The van der Waals surface area contributed by atoms with E-state index in [0.717, 1.165) is 83.0 Å². The molecule has 4 aromatic heterocycles. The molecule has 1 radical (unpaired) electrons. The summed E-state index contributed by atoms with van der Waals surface area (Å²) in [5.74, 6) is 1.72. The van der Waals surface area contributed by atoms with E-state index in [9.17, 15) is 0 Å². The molecule has 0 fully saturated rings. The maximum atomic E-state index is 7.23. The van der Waals surface area contributed by atoms with Crippen LogP contribution < -0.4 is 0 Å². The molecule has 0 aliphatic carbocycles. The Morgan fingerprint density at radius 2 is 1.43 bits per heavy atom. The smallest absolute Gasteiger partial charge is 0.133 e. The molecular formula is C50H35IrN3OS-2. The van der Waals surface area contributed by atoms with E-state index >= 15 is 0 Å². The number of para-hydroxylation sites is 2. The number of imidazole rings is 1. The van der Waals surface area contributed by atoms with Crippen LogP contribution in [0.15, 0.2) is 181 Å². The molecule has 0 atom stereocenters. The third-order valence-corrected chi connectivity index (χ3v) is 10.4. The third-order valence-electron chi connectivity index (χ3n) is 9.50. The van der Waals surface area contributed by atoms with Crippen LogP contribution in [-0.2, 0) is 20.1 Å². The molecule has 6 aromatic carbocycles. The average molecular weight is 921 g/mol. The molecule has 0 unspecified atom stereocenters. The van der Waals surface area contributed by atoms with Gasteiger partial charge in [-0.1, -0.05) is 119 Å². The minimum atomic E-state index is -2.09. The average Bonchev–Trinajstić information content (AvgIpc) is 4.04. The zero-order valence-corrected chi connectivity index (χ0v) is 33.4. The van der Waals surface area contributed by atoms with Crippen molar-refractivity contribution in [2.24, 2.45) is 0 Å². The zero-order valence-electron chi connectivity index (χ0n) is 33.2. The molecule has 10 aromatic rings. The number of aryl methyl sites for hydroxylation is 2. The van der Waals surface area contributed by atoms with Gasteiger partial charge in [-0.15, -0.1) is 41.3 Å². The van der Waals surface area contributed by atoms with Crippen molar-refractivity contribution in [1.29, 1.82) is 0 Å². The van der Waals surface area contributed by atoms with Crippen molar-refractivity contribution in [3.8, 4) is 61.9 Å². The van der Waals surface area contributed by atoms with E-state index < -0.39 is 6.85 Å². The maximum Gasteiger partial charge on any atom is 0.133 e. The van der Waals surface area contributed by atoms with Gasteiger partial charge in [0, 0.05) is 47.1 Å². The van der Waals surface area contributed by atoms with Crippen LogP contribution in [0.1, 0.15) is 15.2 Å². The van der Waals surface area contributed by atoms with Gasteiger partial charge in [0.25, 0.3) is 0 Å². The van der Waals surface area contributed by atoms with Crippen LogP contribution in [0.3, 0.4) is 0 Å². The summed E-state index contributed by atoms with van der Waals surface area (Å²) in [5, 5.41) is 4.74. The van der Waals surface area contributed by atoms with Gasteiger partial charge in [0.15, 0.2) is 0 Å². The third kappa shape index (κ3) is 7.30. The molecule has 273 valence electrons. The van der Waals surface area contributed by atoms with E-state index in [1.54, 1.807) is 35.8 Å². The van der Waals surface area contributed by atoms with E-state index in [1.807, 2.05) is 30.3 Å². The SMILES string of the molecule is Cc1cc(-c2ccccc2)c(-n2c(-c3[c-]sc4ccc(-c5ccco5)cc34)nc3ccccc32)c(-c2ccccc2)c1.[2H]C([2H])([2H])c1ccc(-c2[c-]cccc2)nc1.[Ir]. The largest absolute Gasteiger partial charge is 0.464 e. The topological polar surface area (TPSA) is 43.9 Å². The van der Waals surface area contributed by atoms with Crippen LogP contribution in [0, 0.1) is 25.2 Å². The molecule has 0 saturated heterocycles. The first-order chi connectivity index (χ1) is 28.3. The predicted octanol–water partition coefficient (Wildman–Crippen LogP) is 13.5. The summed E-state index contributed by atoms with van der Waals surface area (Å²) in [6, 6.07) is 58.5. The van der Waals surface area contributed by atoms with Gasteiger partial charge >= 0.3 is 0 Å². The molecule has 0 amide bonds. The number of rotatable bonds is 6. The second-order valence-corrected chi connectivity index (χ2v) is 14.0. The summed E-state index contributed by atoms with van der Waals surface area (Å²) in [7, 11) is 0. The Morgan fingerprint density at radius 1 is 0.696 bits per heavy atom. The van der Waals surface area contributed by atoms with E-state index in [1.165, 1.54) is 11.8 Å². The van der Waals surface area contributed by atoms with Gasteiger partial charge < -0.3 is 14.0 Å². The van der Waals surface area contributed by atoms with Gasteiger partial charge in [-0.2, -0.15) is 0 Å². The van der Waals surface area contributed by atoms with Crippen LogP contribution in [0.5, 0.6) is 0 Å². The first kappa shape index (κ1) is 33.2. The van der Waals surface area contributed by atoms with Crippen molar-refractivity contribution < 1.29 is 28.6 Å². The Labute approximate surface area is 348 Å². The summed E-state index contributed by atoms with van der Waals surface area (Å²) in [4.78, 5) is 9.41. The molecule has 4 nitrogen and oxygen atoms in total. The Hall–Kier alpha value is -6.17. The zero-order chi connectivity index (χ0) is 39.6. The molecule has 56 heavy (non-hydrogen) atoms. The van der Waals surface area contributed by atoms with E-state index in [4.69, 9.17) is 13.5 Å². The monoisotopic (exact) mass is 921 g/mol. The fourth-order valence-electron chi connectivity index (χ4n) is 6.96. The summed E-state index contributed by atoms with van der Waals surface area (Å²) in [6.45, 7) is 0.0812. The van der Waals surface area contributed by atoms with Crippen LogP contribution in [0.2, 0.25) is 0 Å². The fourth-order valence-corrected chi connectivity index (χ4v) is 7.78. The molecule has 6 heteroatoms. The minimum Gasteiger partial charge on any atom is -0.464 e. The van der Waals surface area contributed by atoms with Gasteiger partial charge in [-0.3, -0.25) is 16.3 Å². The number of nitrogens with zero attached hydrogens (tertiary/aromatic N) is 3.